The van der Waals surface area contributed by atoms with Gasteiger partial charge >= 0.3 is 0 Å². The number of hydrogen-bond donors (Lipinski definition) is 0. The Morgan fingerprint density at radius 1 is 1.86 bits per heavy atom. The zero-order valence-electron chi connectivity index (χ0n) is 4.15. The molecule has 0 radical (unpaired) electrons. The molecular weight excluding hydrogens is 86.1 g/mol. The monoisotopic (exact) mass is 93.1 g/mol. The van der Waals surface area contributed by atoms with Crippen LogP contribution in [0, 0.1) is 0 Å². The lowest BCUT2D eigenvalue weighted by atomic mass is 10.3. The van der Waals surface area contributed by atoms with Gasteiger partial charge in [0, 0.05) is 6.42 Å². The molecule has 1 aliphatic rings. The second-order valence-electron chi connectivity index (χ2n) is 1.49. The second kappa shape index (κ2) is 1.76. The molecule has 0 atom stereocenters. The Labute approximate surface area is 43.1 Å². The Balaban J connectivity index is 2.72. The minimum atomic E-state index is 1.00. The molecular formula is C6H7N. The number of rotatable bonds is 1. The van der Waals surface area contributed by atoms with E-state index < -0.39 is 0 Å². The van der Waals surface area contributed by atoms with Crippen molar-refractivity contribution in [2.24, 2.45) is 4.99 Å². The third-order valence-electron chi connectivity index (χ3n) is 0.985. The SMILES string of the molecule is C=NC1=C=CCC1. The minimum Gasteiger partial charge on any atom is -0.261 e. The van der Waals surface area contributed by atoms with Crippen molar-refractivity contribution in [2.45, 2.75) is 12.8 Å². The number of allylic oxidation sites excluding steroid dienone is 1. The molecule has 0 saturated carbocycles. The molecule has 0 aromatic carbocycles. The summed E-state index contributed by atoms with van der Waals surface area (Å²) in [7, 11) is 0. The molecule has 0 fully saturated rings. The molecule has 0 spiro atoms. The number of nitrogens with zero attached hydrogens (tertiary/aromatic N) is 1. The van der Waals surface area contributed by atoms with Gasteiger partial charge in [-0.25, -0.2) is 0 Å². The molecule has 0 amide bonds. The van der Waals surface area contributed by atoms with Crippen molar-refractivity contribution in [3.05, 3.63) is 17.5 Å². The quantitative estimate of drug-likeness (QED) is 0.344. The molecule has 0 aromatic heterocycles. The van der Waals surface area contributed by atoms with Crippen LogP contribution in [0.2, 0.25) is 0 Å². The average molecular weight is 93.1 g/mol. The molecule has 1 nitrogen and oxygen atoms in total. The predicted molar refractivity (Wildman–Crippen MR) is 30.4 cm³/mol. The van der Waals surface area contributed by atoms with Crippen LogP contribution in [-0.4, -0.2) is 6.72 Å². The van der Waals surface area contributed by atoms with Crippen LogP contribution in [0.15, 0.2) is 22.5 Å². The summed E-state index contributed by atoms with van der Waals surface area (Å²) in [5.74, 6) is 0. The summed E-state index contributed by atoms with van der Waals surface area (Å²) in [6.07, 6.45) is 4.11. The van der Waals surface area contributed by atoms with Gasteiger partial charge in [0.25, 0.3) is 0 Å². The maximum Gasteiger partial charge on any atom is 0.0813 e. The van der Waals surface area contributed by atoms with Gasteiger partial charge in [-0.1, -0.05) is 0 Å². The first kappa shape index (κ1) is 4.35. The zero-order valence-corrected chi connectivity index (χ0v) is 4.15. The highest BCUT2D eigenvalue weighted by Gasteiger charge is 1.93. The first-order valence-electron chi connectivity index (χ1n) is 2.34. The Morgan fingerprint density at radius 2 is 2.71 bits per heavy atom. The van der Waals surface area contributed by atoms with Gasteiger partial charge in [0.2, 0.25) is 0 Å². The van der Waals surface area contributed by atoms with Gasteiger partial charge in [-0.3, -0.25) is 4.99 Å². The van der Waals surface area contributed by atoms with Crippen LogP contribution in [0.3, 0.4) is 0 Å². The summed E-state index contributed by atoms with van der Waals surface area (Å²) in [6, 6.07) is 0. The maximum atomic E-state index is 3.71. The summed E-state index contributed by atoms with van der Waals surface area (Å²) >= 11 is 0. The molecule has 0 unspecified atom stereocenters. The van der Waals surface area contributed by atoms with Gasteiger partial charge in [0.15, 0.2) is 0 Å². The largest absolute Gasteiger partial charge is 0.261 e. The molecule has 1 heteroatoms. The van der Waals surface area contributed by atoms with Crippen LogP contribution in [0.4, 0.5) is 0 Å². The van der Waals surface area contributed by atoms with E-state index in [9.17, 15) is 0 Å². The van der Waals surface area contributed by atoms with Crippen LogP contribution in [-0.2, 0) is 0 Å². The van der Waals surface area contributed by atoms with Gasteiger partial charge in [0.1, 0.15) is 0 Å². The summed E-state index contributed by atoms with van der Waals surface area (Å²) < 4.78 is 0. The molecule has 0 bridgehead atoms. The maximum absolute atomic E-state index is 3.71. The minimum absolute atomic E-state index is 1.00. The van der Waals surface area contributed by atoms with E-state index in [1.807, 2.05) is 6.08 Å². The molecule has 0 heterocycles. The number of aliphatic imine (C=N–C) groups is 1. The van der Waals surface area contributed by atoms with Crippen molar-refractivity contribution in [3.63, 3.8) is 0 Å². The van der Waals surface area contributed by atoms with E-state index in [0.717, 1.165) is 18.5 Å². The molecule has 0 aliphatic heterocycles. The topological polar surface area (TPSA) is 12.4 Å². The molecule has 0 aromatic rings. The van der Waals surface area contributed by atoms with Gasteiger partial charge in [0.05, 0.1) is 5.70 Å². The van der Waals surface area contributed by atoms with E-state index in [-0.39, 0.29) is 0 Å². The summed E-state index contributed by atoms with van der Waals surface area (Å²) in [6.45, 7) is 3.37. The van der Waals surface area contributed by atoms with Gasteiger partial charge in [-0.15, -0.1) is 5.73 Å². The van der Waals surface area contributed by atoms with Crippen LogP contribution in [0.1, 0.15) is 12.8 Å². The van der Waals surface area contributed by atoms with Crippen molar-refractivity contribution in [2.75, 3.05) is 0 Å². The predicted octanol–water partition coefficient (Wildman–Crippen LogP) is 1.52. The van der Waals surface area contributed by atoms with Crippen molar-refractivity contribution >= 4 is 6.72 Å². The second-order valence-corrected chi connectivity index (χ2v) is 1.49. The van der Waals surface area contributed by atoms with Crippen molar-refractivity contribution < 1.29 is 0 Å². The van der Waals surface area contributed by atoms with Crippen LogP contribution >= 0.6 is 0 Å². The van der Waals surface area contributed by atoms with Crippen LogP contribution < -0.4 is 0 Å². The molecule has 1 rings (SSSR count). The first-order valence-corrected chi connectivity index (χ1v) is 2.34. The first-order chi connectivity index (χ1) is 3.43. The smallest absolute Gasteiger partial charge is 0.0813 e. The van der Waals surface area contributed by atoms with Gasteiger partial charge < -0.3 is 0 Å². The fourth-order valence-corrected chi connectivity index (χ4v) is 0.596. The molecule has 0 N–H and O–H groups in total. The Morgan fingerprint density at radius 3 is 3.00 bits per heavy atom. The Kier molecular flexibility index (Phi) is 1.10. The fraction of sp³-hybridized carbons (Fsp3) is 0.333. The molecule has 0 saturated heterocycles. The highest BCUT2D eigenvalue weighted by molar-refractivity contribution is 5.29. The van der Waals surface area contributed by atoms with E-state index in [2.05, 4.69) is 17.4 Å². The summed E-state index contributed by atoms with van der Waals surface area (Å²) in [5.41, 5.74) is 3.97. The van der Waals surface area contributed by atoms with E-state index in [0.29, 0.717) is 0 Å². The highest BCUT2D eigenvalue weighted by Crippen LogP contribution is 2.09. The lowest BCUT2D eigenvalue weighted by Gasteiger charge is -1.82. The summed E-state index contributed by atoms with van der Waals surface area (Å²) in [4.78, 5) is 3.71. The van der Waals surface area contributed by atoms with Crippen LogP contribution in [0.5, 0.6) is 0 Å². The van der Waals surface area contributed by atoms with Gasteiger partial charge in [-0.05, 0) is 19.2 Å². The van der Waals surface area contributed by atoms with E-state index in [1.54, 1.807) is 0 Å². The van der Waals surface area contributed by atoms with E-state index in [4.69, 9.17) is 0 Å². The fourth-order valence-electron chi connectivity index (χ4n) is 0.596. The normalized spacial score (nSPS) is 16.9. The molecule has 36 valence electrons. The van der Waals surface area contributed by atoms with Crippen molar-refractivity contribution in [3.8, 4) is 0 Å². The zero-order chi connectivity index (χ0) is 5.11. The molecule has 1 aliphatic carbocycles. The van der Waals surface area contributed by atoms with Gasteiger partial charge in [-0.2, -0.15) is 0 Å². The third kappa shape index (κ3) is 0.787. The highest BCUT2D eigenvalue weighted by atomic mass is 14.7. The average Bonchev–Trinajstić information content (AvgIpc) is 2.14. The third-order valence-corrected chi connectivity index (χ3v) is 0.985. The Hall–Kier alpha value is -0.810. The standard InChI is InChI=1S/C6H7N/c1-7-6-4-2-3-5-6/h2H,1,3,5H2. The van der Waals surface area contributed by atoms with E-state index >= 15 is 0 Å². The van der Waals surface area contributed by atoms with Crippen LogP contribution in [0.25, 0.3) is 0 Å². The Bertz CT molecular complexity index is 138. The molecule has 7 heavy (non-hydrogen) atoms. The lowest BCUT2D eigenvalue weighted by molar-refractivity contribution is 1.01. The summed E-state index contributed by atoms with van der Waals surface area (Å²) in [5, 5.41) is 0. The van der Waals surface area contributed by atoms with E-state index in [1.165, 1.54) is 0 Å². The van der Waals surface area contributed by atoms with Crippen molar-refractivity contribution in [1.82, 2.24) is 0 Å². The van der Waals surface area contributed by atoms with Crippen molar-refractivity contribution in [1.29, 1.82) is 0 Å². The number of hydrogen-bond acceptors (Lipinski definition) is 1. The lowest BCUT2D eigenvalue weighted by Crippen LogP contribution is -1.65.